The van der Waals surface area contributed by atoms with E-state index in [-0.39, 0.29) is 22.2 Å². The summed E-state index contributed by atoms with van der Waals surface area (Å²) in [5, 5.41) is 0. The Morgan fingerprint density at radius 3 is 2.31 bits per heavy atom. The number of carbonyl (C=O) groups is 1. The molecule has 0 aromatic rings. The molecule has 0 aliphatic heterocycles. The van der Waals surface area contributed by atoms with Crippen LogP contribution in [0.2, 0.25) is 0 Å². The molecule has 0 aromatic heterocycles. The summed E-state index contributed by atoms with van der Waals surface area (Å²) in [5.41, 5.74) is 2.50. The van der Waals surface area contributed by atoms with Crippen molar-refractivity contribution in [3.05, 3.63) is 11.6 Å². The van der Waals surface area contributed by atoms with Crippen molar-refractivity contribution >= 4 is 5.78 Å². The van der Waals surface area contributed by atoms with E-state index in [2.05, 4.69) is 82.2 Å². The van der Waals surface area contributed by atoms with Crippen LogP contribution in [0.1, 0.15) is 134 Å². The Hall–Kier alpha value is -0.590. The molecular formula is C35H60O. The highest BCUT2D eigenvalue weighted by molar-refractivity contribution is 5.94. The number of hydrogen-bond acceptors (Lipinski definition) is 1. The normalized spacial score (nSPS) is 45.2. The number of allylic oxidation sites excluding steroid dienone is 2. The van der Waals surface area contributed by atoms with E-state index < -0.39 is 0 Å². The Kier molecular flexibility index (Phi) is 7.54. The monoisotopic (exact) mass is 496 g/mol. The van der Waals surface area contributed by atoms with E-state index in [0.29, 0.717) is 29.0 Å². The van der Waals surface area contributed by atoms with Gasteiger partial charge in [-0.15, -0.1) is 0 Å². The Labute approximate surface area is 225 Å². The molecule has 36 heavy (non-hydrogen) atoms. The van der Waals surface area contributed by atoms with Crippen molar-refractivity contribution in [3.63, 3.8) is 0 Å². The fraction of sp³-hybridized carbons (Fsp3) is 0.914. The van der Waals surface area contributed by atoms with Crippen LogP contribution in [0.4, 0.5) is 0 Å². The van der Waals surface area contributed by atoms with Gasteiger partial charge in [-0.3, -0.25) is 4.79 Å². The van der Waals surface area contributed by atoms with E-state index >= 15 is 0 Å². The molecule has 0 N–H and O–H groups in total. The third-order valence-electron chi connectivity index (χ3n) is 14.0. The second-order valence-electron chi connectivity index (χ2n) is 16.0. The number of carbonyl (C=O) groups excluding carboxylic acids is 1. The molecule has 1 heteroatoms. The summed E-state index contributed by atoms with van der Waals surface area (Å²) in [6, 6.07) is 0. The lowest BCUT2D eigenvalue weighted by Gasteiger charge is -2.64. The highest BCUT2D eigenvalue weighted by atomic mass is 16.1. The third kappa shape index (κ3) is 4.02. The van der Waals surface area contributed by atoms with Gasteiger partial charge < -0.3 is 0 Å². The van der Waals surface area contributed by atoms with E-state index in [9.17, 15) is 4.79 Å². The second-order valence-corrected chi connectivity index (χ2v) is 16.0. The molecule has 4 rings (SSSR count). The van der Waals surface area contributed by atoms with Gasteiger partial charge in [-0.2, -0.15) is 0 Å². The van der Waals surface area contributed by atoms with E-state index in [1.807, 2.05) is 0 Å². The zero-order chi connectivity index (χ0) is 26.8. The fourth-order valence-corrected chi connectivity index (χ4v) is 11.0. The number of rotatable bonds is 7. The van der Waals surface area contributed by atoms with Gasteiger partial charge in [0.05, 0.1) is 0 Å². The Morgan fingerprint density at radius 1 is 1.03 bits per heavy atom. The van der Waals surface area contributed by atoms with Crippen LogP contribution in [0.5, 0.6) is 0 Å². The van der Waals surface area contributed by atoms with Gasteiger partial charge in [0.25, 0.3) is 0 Å². The van der Waals surface area contributed by atoms with E-state index in [0.717, 1.165) is 30.1 Å². The molecule has 4 aliphatic rings. The minimum atomic E-state index is 0.166. The standard InChI is InChI=1S/C35H60O/c1-12-23(4)26(13-2)19-25(6)32(7,8)30-15-17-34(10)28-20-29(36)27-18-22(3)14-16-33(27,9)31(28)24(5)21-35(30,34)11/h20,22-27,30-31H,12-19,21H2,1-11H3/t22-,23?,24+,25+,26?,27-,30+,31?,33-,34-,35+/m0/s1. The molecule has 206 valence electrons. The van der Waals surface area contributed by atoms with Crippen LogP contribution in [0, 0.1) is 69.0 Å². The predicted octanol–water partition coefficient (Wildman–Crippen LogP) is 10.1. The van der Waals surface area contributed by atoms with Crippen molar-refractivity contribution < 1.29 is 4.79 Å². The van der Waals surface area contributed by atoms with Crippen LogP contribution in [-0.2, 0) is 4.79 Å². The summed E-state index contributed by atoms with van der Waals surface area (Å²) in [4.78, 5) is 13.7. The minimum Gasteiger partial charge on any atom is -0.295 e. The van der Waals surface area contributed by atoms with Crippen molar-refractivity contribution in [1.82, 2.24) is 0 Å². The molecule has 0 aromatic carbocycles. The summed E-state index contributed by atoms with van der Waals surface area (Å²) in [7, 11) is 0. The van der Waals surface area contributed by atoms with Crippen molar-refractivity contribution in [3.8, 4) is 0 Å². The molecule has 0 spiro atoms. The van der Waals surface area contributed by atoms with E-state index in [1.54, 1.807) is 5.57 Å². The summed E-state index contributed by atoms with van der Waals surface area (Å²) in [5.74, 6) is 5.78. The molecule has 3 saturated carbocycles. The van der Waals surface area contributed by atoms with Crippen LogP contribution in [-0.4, -0.2) is 5.78 Å². The smallest absolute Gasteiger partial charge is 0.159 e. The van der Waals surface area contributed by atoms with Gasteiger partial charge in [0.2, 0.25) is 0 Å². The molecule has 3 fully saturated rings. The van der Waals surface area contributed by atoms with Gasteiger partial charge in [-0.05, 0) is 108 Å². The highest BCUT2D eigenvalue weighted by Crippen LogP contribution is 2.74. The summed E-state index contributed by atoms with van der Waals surface area (Å²) >= 11 is 0. The quantitative estimate of drug-likeness (QED) is 0.342. The topological polar surface area (TPSA) is 17.1 Å². The van der Waals surface area contributed by atoms with Gasteiger partial charge in [0.1, 0.15) is 0 Å². The largest absolute Gasteiger partial charge is 0.295 e. The van der Waals surface area contributed by atoms with Crippen molar-refractivity contribution in [2.24, 2.45) is 69.0 Å². The zero-order valence-electron chi connectivity index (χ0n) is 26.0. The molecule has 0 amide bonds. The maximum absolute atomic E-state index is 13.7. The van der Waals surface area contributed by atoms with Crippen LogP contribution < -0.4 is 0 Å². The first kappa shape index (κ1) is 28.4. The molecule has 0 bridgehead atoms. The molecule has 0 heterocycles. The average Bonchev–Trinajstić information content (AvgIpc) is 3.09. The third-order valence-corrected chi connectivity index (χ3v) is 14.0. The van der Waals surface area contributed by atoms with Crippen LogP contribution >= 0.6 is 0 Å². The lowest BCUT2D eigenvalue weighted by molar-refractivity contribution is -0.136. The Morgan fingerprint density at radius 2 is 1.69 bits per heavy atom. The zero-order valence-corrected chi connectivity index (χ0v) is 26.0. The van der Waals surface area contributed by atoms with Gasteiger partial charge >= 0.3 is 0 Å². The molecule has 0 saturated heterocycles. The van der Waals surface area contributed by atoms with Crippen LogP contribution in [0.25, 0.3) is 0 Å². The Bertz CT molecular complexity index is 866. The summed E-state index contributed by atoms with van der Waals surface area (Å²) < 4.78 is 0. The molecule has 4 aliphatic carbocycles. The lowest BCUT2D eigenvalue weighted by atomic mass is 9.40. The van der Waals surface area contributed by atoms with Gasteiger partial charge in [0, 0.05) is 5.92 Å². The van der Waals surface area contributed by atoms with E-state index in [1.165, 1.54) is 51.4 Å². The predicted molar refractivity (Wildman–Crippen MR) is 155 cm³/mol. The number of ketones is 1. The maximum atomic E-state index is 13.7. The summed E-state index contributed by atoms with van der Waals surface area (Å²) in [6.07, 6.45) is 13.8. The number of fused-ring (bicyclic) bond motifs is 5. The van der Waals surface area contributed by atoms with Gasteiger partial charge in [-0.1, -0.05) is 101 Å². The average molecular weight is 497 g/mol. The van der Waals surface area contributed by atoms with Crippen LogP contribution in [0.15, 0.2) is 11.6 Å². The Balaban J connectivity index is 1.69. The van der Waals surface area contributed by atoms with Crippen LogP contribution in [0.3, 0.4) is 0 Å². The highest BCUT2D eigenvalue weighted by Gasteiger charge is 2.67. The SMILES string of the molecule is CCC(C)C(CC)C[C@@H](C)C(C)(C)[C@H]1CC[C@@]2(C)C3=CC(=O)[C@@H]4C[C@@H](C)CC[C@]4(C)C3[C@H](C)C[C@]12C. The lowest BCUT2D eigenvalue weighted by Crippen LogP contribution is -2.58. The fourth-order valence-electron chi connectivity index (χ4n) is 11.0. The van der Waals surface area contributed by atoms with Crippen molar-refractivity contribution in [2.45, 2.75) is 134 Å². The number of hydrogen-bond donors (Lipinski definition) is 0. The summed E-state index contributed by atoms with van der Waals surface area (Å²) in [6.45, 7) is 27.7. The minimum absolute atomic E-state index is 0.166. The van der Waals surface area contributed by atoms with E-state index in [4.69, 9.17) is 0 Å². The molecule has 3 unspecified atom stereocenters. The first-order valence-corrected chi connectivity index (χ1v) is 15.9. The van der Waals surface area contributed by atoms with Gasteiger partial charge in [0.15, 0.2) is 5.78 Å². The molecule has 11 atom stereocenters. The maximum Gasteiger partial charge on any atom is 0.159 e. The first-order valence-electron chi connectivity index (χ1n) is 15.9. The van der Waals surface area contributed by atoms with Crippen molar-refractivity contribution in [2.75, 3.05) is 0 Å². The van der Waals surface area contributed by atoms with Gasteiger partial charge in [-0.25, -0.2) is 0 Å². The molecule has 0 radical (unpaired) electrons. The van der Waals surface area contributed by atoms with Crippen molar-refractivity contribution in [1.29, 1.82) is 0 Å². The first-order chi connectivity index (χ1) is 16.7. The second kappa shape index (κ2) is 9.55. The molecule has 1 nitrogen and oxygen atoms in total. The molecular weight excluding hydrogens is 436 g/mol.